The normalized spacial score (nSPS) is 10.7. The number of benzene rings is 1. The van der Waals surface area contributed by atoms with Gasteiger partial charge in [0.15, 0.2) is 0 Å². The van der Waals surface area contributed by atoms with E-state index in [-0.39, 0.29) is 0 Å². The average Bonchev–Trinajstić information content (AvgIpc) is 2.97. The molecule has 90 valence electrons. The SMILES string of the molecule is Cn1nccc1-c1csc(-c2cccc(N)c2)n1. The van der Waals surface area contributed by atoms with Gasteiger partial charge >= 0.3 is 0 Å². The average molecular weight is 256 g/mol. The highest BCUT2D eigenvalue weighted by atomic mass is 32.1. The topological polar surface area (TPSA) is 56.7 Å². The maximum absolute atomic E-state index is 5.78. The lowest BCUT2D eigenvalue weighted by atomic mass is 10.2. The van der Waals surface area contributed by atoms with Gasteiger partial charge in [-0.1, -0.05) is 12.1 Å². The lowest BCUT2D eigenvalue weighted by molar-refractivity contribution is 0.774. The van der Waals surface area contributed by atoms with Gasteiger partial charge in [-0.25, -0.2) is 4.98 Å². The van der Waals surface area contributed by atoms with Crippen LogP contribution in [0.5, 0.6) is 0 Å². The Morgan fingerprint density at radius 1 is 1.28 bits per heavy atom. The maximum atomic E-state index is 5.78. The predicted molar refractivity (Wildman–Crippen MR) is 74.2 cm³/mol. The third kappa shape index (κ3) is 1.89. The van der Waals surface area contributed by atoms with Crippen LogP contribution in [0.3, 0.4) is 0 Å². The first-order chi connectivity index (χ1) is 8.74. The number of nitrogens with zero attached hydrogens (tertiary/aromatic N) is 3. The Morgan fingerprint density at radius 2 is 2.17 bits per heavy atom. The quantitative estimate of drug-likeness (QED) is 0.717. The van der Waals surface area contributed by atoms with Gasteiger partial charge in [0.05, 0.1) is 11.4 Å². The van der Waals surface area contributed by atoms with E-state index in [4.69, 9.17) is 5.73 Å². The molecule has 3 rings (SSSR count). The lowest BCUT2D eigenvalue weighted by Gasteiger charge is -1.98. The molecular weight excluding hydrogens is 244 g/mol. The Labute approximate surface area is 109 Å². The van der Waals surface area contributed by atoms with Crippen LogP contribution < -0.4 is 5.73 Å². The molecule has 0 aliphatic heterocycles. The molecule has 0 bridgehead atoms. The molecule has 2 aromatic heterocycles. The molecule has 18 heavy (non-hydrogen) atoms. The Kier molecular flexibility index (Phi) is 2.60. The third-order valence-electron chi connectivity index (χ3n) is 2.72. The van der Waals surface area contributed by atoms with Crippen molar-refractivity contribution in [3.8, 4) is 22.0 Å². The number of thiazole rings is 1. The van der Waals surface area contributed by atoms with Crippen molar-refractivity contribution in [2.24, 2.45) is 7.05 Å². The van der Waals surface area contributed by atoms with E-state index in [9.17, 15) is 0 Å². The second-order valence-corrected chi connectivity index (χ2v) is 4.86. The molecule has 0 aliphatic rings. The summed E-state index contributed by atoms with van der Waals surface area (Å²) in [6.07, 6.45) is 1.77. The van der Waals surface area contributed by atoms with Crippen molar-refractivity contribution < 1.29 is 0 Å². The second-order valence-electron chi connectivity index (χ2n) is 4.00. The summed E-state index contributed by atoms with van der Waals surface area (Å²) in [7, 11) is 1.91. The number of nitrogen functional groups attached to an aromatic ring is 1. The van der Waals surface area contributed by atoms with Crippen molar-refractivity contribution in [3.05, 3.63) is 41.9 Å². The number of hydrogen-bond donors (Lipinski definition) is 1. The Hall–Kier alpha value is -2.14. The molecule has 0 spiro atoms. The minimum Gasteiger partial charge on any atom is -0.399 e. The van der Waals surface area contributed by atoms with Gasteiger partial charge in [-0.3, -0.25) is 4.68 Å². The molecule has 0 fully saturated rings. The number of hydrogen-bond acceptors (Lipinski definition) is 4. The molecule has 0 saturated carbocycles. The molecule has 4 nitrogen and oxygen atoms in total. The Morgan fingerprint density at radius 3 is 2.89 bits per heavy atom. The van der Waals surface area contributed by atoms with E-state index in [2.05, 4.69) is 10.1 Å². The zero-order chi connectivity index (χ0) is 12.5. The summed E-state index contributed by atoms with van der Waals surface area (Å²) >= 11 is 1.61. The zero-order valence-corrected chi connectivity index (χ0v) is 10.7. The number of aryl methyl sites for hydroxylation is 1. The van der Waals surface area contributed by atoms with Gasteiger partial charge in [0.2, 0.25) is 0 Å². The molecule has 0 saturated heterocycles. The van der Waals surface area contributed by atoms with Crippen molar-refractivity contribution >= 4 is 17.0 Å². The first-order valence-electron chi connectivity index (χ1n) is 5.54. The number of aromatic nitrogens is 3. The van der Waals surface area contributed by atoms with Crippen LogP contribution in [0, 0.1) is 0 Å². The van der Waals surface area contributed by atoms with E-state index >= 15 is 0 Å². The monoisotopic (exact) mass is 256 g/mol. The maximum Gasteiger partial charge on any atom is 0.124 e. The van der Waals surface area contributed by atoms with E-state index in [1.54, 1.807) is 17.5 Å². The van der Waals surface area contributed by atoms with Crippen molar-refractivity contribution in [3.63, 3.8) is 0 Å². The van der Waals surface area contributed by atoms with E-state index in [1.165, 1.54) is 0 Å². The van der Waals surface area contributed by atoms with Gasteiger partial charge in [0.25, 0.3) is 0 Å². The molecule has 2 heterocycles. The number of rotatable bonds is 2. The third-order valence-corrected chi connectivity index (χ3v) is 3.61. The van der Waals surface area contributed by atoms with Crippen LogP contribution in [0.4, 0.5) is 5.69 Å². The molecule has 0 radical (unpaired) electrons. The molecule has 2 N–H and O–H groups in total. The van der Waals surface area contributed by atoms with Gasteiger partial charge in [0, 0.05) is 29.9 Å². The lowest BCUT2D eigenvalue weighted by Crippen LogP contribution is -1.93. The van der Waals surface area contributed by atoms with E-state index in [0.717, 1.165) is 27.6 Å². The van der Waals surface area contributed by atoms with Crippen LogP contribution in [0.25, 0.3) is 22.0 Å². The summed E-state index contributed by atoms with van der Waals surface area (Å²) < 4.78 is 1.82. The van der Waals surface area contributed by atoms with Gasteiger partial charge in [-0.2, -0.15) is 5.10 Å². The van der Waals surface area contributed by atoms with E-state index < -0.39 is 0 Å². The number of anilines is 1. The highest BCUT2D eigenvalue weighted by Gasteiger charge is 2.09. The number of nitrogens with two attached hydrogens (primary N) is 1. The van der Waals surface area contributed by atoms with Crippen LogP contribution in [0.1, 0.15) is 0 Å². The molecule has 3 aromatic rings. The molecular formula is C13H12N4S. The standard InChI is InChI=1S/C13H12N4S/c1-17-12(5-6-15-17)11-8-18-13(16-11)9-3-2-4-10(14)7-9/h2-8H,14H2,1H3. The summed E-state index contributed by atoms with van der Waals surface area (Å²) in [6.45, 7) is 0. The smallest absolute Gasteiger partial charge is 0.124 e. The van der Waals surface area contributed by atoms with Gasteiger partial charge in [0.1, 0.15) is 5.01 Å². The fraction of sp³-hybridized carbons (Fsp3) is 0.0769. The van der Waals surface area contributed by atoms with E-state index in [0.29, 0.717) is 0 Å². The van der Waals surface area contributed by atoms with Crippen LogP contribution >= 0.6 is 11.3 Å². The summed E-state index contributed by atoms with van der Waals surface area (Å²) in [5.74, 6) is 0. The second kappa shape index (κ2) is 4.27. The van der Waals surface area contributed by atoms with E-state index in [1.807, 2.05) is 47.4 Å². The Bertz CT molecular complexity index is 684. The summed E-state index contributed by atoms with van der Waals surface area (Å²) in [4.78, 5) is 4.63. The zero-order valence-electron chi connectivity index (χ0n) is 9.87. The van der Waals surface area contributed by atoms with Gasteiger partial charge < -0.3 is 5.73 Å². The first-order valence-corrected chi connectivity index (χ1v) is 6.42. The van der Waals surface area contributed by atoms with Crippen molar-refractivity contribution in [1.82, 2.24) is 14.8 Å². The molecule has 1 aromatic carbocycles. The van der Waals surface area contributed by atoms with Crippen LogP contribution in [0.15, 0.2) is 41.9 Å². The Balaban J connectivity index is 2.02. The minimum atomic E-state index is 0.754. The molecule has 5 heteroatoms. The molecule has 0 amide bonds. The summed E-state index contributed by atoms with van der Waals surface area (Å²) in [5.41, 5.74) is 9.55. The van der Waals surface area contributed by atoms with Gasteiger partial charge in [-0.15, -0.1) is 11.3 Å². The van der Waals surface area contributed by atoms with Crippen molar-refractivity contribution in [2.75, 3.05) is 5.73 Å². The summed E-state index contributed by atoms with van der Waals surface area (Å²) in [6, 6.07) is 9.72. The molecule has 0 unspecified atom stereocenters. The molecule has 0 atom stereocenters. The highest BCUT2D eigenvalue weighted by Crippen LogP contribution is 2.29. The largest absolute Gasteiger partial charge is 0.399 e. The highest BCUT2D eigenvalue weighted by molar-refractivity contribution is 7.13. The predicted octanol–water partition coefficient (Wildman–Crippen LogP) is 2.79. The van der Waals surface area contributed by atoms with Crippen molar-refractivity contribution in [2.45, 2.75) is 0 Å². The first kappa shape index (κ1) is 11.0. The van der Waals surface area contributed by atoms with Crippen LogP contribution in [-0.4, -0.2) is 14.8 Å². The van der Waals surface area contributed by atoms with Crippen LogP contribution in [0.2, 0.25) is 0 Å². The van der Waals surface area contributed by atoms with Crippen LogP contribution in [-0.2, 0) is 7.05 Å². The summed E-state index contributed by atoms with van der Waals surface area (Å²) in [5, 5.41) is 7.16. The fourth-order valence-corrected chi connectivity index (χ4v) is 2.63. The van der Waals surface area contributed by atoms with Gasteiger partial charge in [-0.05, 0) is 18.2 Å². The fourth-order valence-electron chi connectivity index (χ4n) is 1.82. The van der Waals surface area contributed by atoms with Crippen molar-refractivity contribution in [1.29, 1.82) is 0 Å². The molecule has 0 aliphatic carbocycles. The minimum absolute atomic E-state index is 0.754.